The predicted molar refractivity (Wildman–Crippen MR) is 90.0 cm³/mol. The van der Waals surface area contributed by atoms with Crippen LogP contribution in [-0.4, -0.2) is 29.2 Å². The van der Waals surface area contributed by atoms with Crippen LogP contribution in [0.15, 0.2) is 65.6 Å². The second-order valence-electron chi connectivity index (χ2n) is 5.17. The molecule has 0 bridgehead atoms. The van der Waals surface area contributed by atoms with Gasteiger partial charge < -0.3 is 5.41 Å². The molecule has 0 amide bonds. The van der Waals surface area contributed by atoms with Gasteiger partial charge in [-0.1, -0.05) is 48.2 Å². The third kappa shape index (κ3) is 2.69. The van der Waals surface area contributed by atoms with Crippen molar-refractivity contribution < 1.29 is 0 Å². The lowest BCUT2D eigenvalue weighted by Gasteiger charge is -2.31. The van der Waals surface area contributed by atoms with E-state index in [1.807, 2.05) is 36.4 Å². The molecule has 1 aliphatic heterocycles. The summed E-state index contributed by atoms with van der Waals surface area (Å²) in [5.74, 6) is 0. The maximum atomic E-state index is 8.47. The number of para-hydroxylation sites is 1. The van der Waals surface area contributed by atoms with E-state index in [1.165, 1.54) is 4.90 Å². The molecule has 108 valence electrons. The van der Waals surface area contributed by atoms with Gasteiger partial charge in [-0.3, -0.25) is 5.01 Å². The number of nitrogens with one attached hydrogen (secondary N) is 1. The van der Waals surface area contributed by atoms with Crippen molar-refractivity contribution in [3.63, 3.8) is 0 Å². The van der Waals surface area contributed by atoms with Crippen LogP contribution in [-0.2, 0) is 0 Å². The molecule has 3 rings (SSSR count). The van der Waals surface area contributed by atoms with E-state index in [2.05, 4.69) is 48.3 Å². The van der Waals surface area contributed by atoms with Crippen molar-refractivity contribution in [3.8, 4) is 0 Å². The first-order valence-corrected chi connectivity index (χ1v) is 7.93. The van der Waals surface area contributed by atoms with Crippen LogP contribution < -0.4 is 5.01 Å². The van der Waals surface area contributed by atoms with E-state index < -0.39 is 0 Å². The molecule has 1 fully saturated rings. The van der Waals surface area contributed by atoms with Crippen molar-refractivity contribution in [2.45, 2.75) is 23.2 Å². The summed E-state index contributed by atoms with van der Waals surface area (Å²) in [5.41, 5.74) is 1.88. The Morgan fingerprint density at radius 3 is 2.14 bits per heavy atom. The quantitative estimate of drug-likeness (QED) is 0.932. The Labute approximate surface area is 130 Å². The van der Waals surface area contributed by atoms with Crippen molar-refractivity contribution in [2.24, 2.45) is 0 Å². The third-order valence-corrected chi connectivity index (χ3v) is 5.10. The average Bonchev–Trinajstić information content (AvgIpc) is 2.73. The number of hydrazine groups is 1. The van der Waals surface area contributed by atoms with Crippen LogP contribution in [0, 0.1) is 5.41 Å². The first-order valence-electron chi connectivity index (χ1n) is 7.05. The fourth-order valence-corrected chi connectivity index (χ4v) is 3.83. The lowest BCUT2D eigenvalue weighted by molar-refractivity contribution is 0.356. The summed E-state index contributed by atoms with van der Waals surface area (Å²) in [5, 5.41) is 12.9. The maximum absolute atomic E-state index is 8.47. The van der Waals surface area contributed by atoms with E-state index >= 15 is 0 Å². The van der Waals surface area contributed by atoms with Gasteiger partial charge in [-0.15, -0.1) is 0 Å². The first-order chi connectivity index (χ1) is 10.2. The van der Waals surface area contributed by atoms with Crippen LogP contribution in [0.5, 0.6) is 0 Å². The second kappa shape index (κ2) is 5.92. The molecule has 2 atom stereocenters. The first kappa shape index (κ1) is 14.2. The highest BCUT2D eigenvalue weighted by molar-refractivity contribution is 8.00. The molecule has 2 unspecified atom stereocenters. The van der Waals surface area contributed by atoms with Gasteiger partial charge in [0, 0.05) is 11.9 Å². The van der Waals surface area contributed by atoms with Crippen LogP contribution >= 0.6 is 11.8 Å². The van der Waals surface area contributed by atoms with E-state index in [0.29, 0.717) is 0 Å². The normalized spacial score (nSPS) is 22.8. The fraction of sp³-hybridized carbons (Fsp3) is 0.235. The van der Waals surface area contributed by atoms with Crippen LogP contribution in [0.3, 0.4) is 0 Å². The Morgan fingerprint density at radius 2 is 1.52 bits per heavy atom. The highest BCUT2D eigenvalue weighted by atomic mass is 32.2. The largest absolute Gasteiger partial charge is 0.305 e. The molecule has 1 aliphatic rings. The summed E-state index contributed by atoms with van der Waals surface area (Å²) in [6, 6.07) is 20.7. The van der Waals surface area contributed by atoms with Gasteiger partial charge in [0.2, 0.25) is 0 Å². The molecule has 0 aliphatic carbocycles. The average molecular weight is 297 g/mol. The minimum Gasteiger partial charge on any atom is -0.305 e. The van der Waals surface area contributed by atoms with Crippen molar-refractivity contribution in [3.05, 3.63) is 60.7 Å². The van der Waals surface area contributed by atoms with E-state index in [1.54, 1.807) is 11.8 Å². The standard InChI is InChI=1S/C17H19N3S/c1-13-16(18)17(21-15-11-7-4-8-12-15)19(2)20(13)14-9-5-3-6-10-14/h3-13,17-18H,1-2H3. The summed E-state index contributed by atoms with van der Waals surface area (Å²) in [4.78, 5) is 1.20. The minimum atomic E-state index is 0.0441. The molecular formula is C17H19N3S. The zero-order valence-corrected chi connectivity index (χ0v) is 13.0. The molecule has 3 nitrogen and oxygen atoms in total. The summed E-state index contributed by atoms with van der Waals surface area (Å²) >= 11 is 1.73. The molecule has 1 N–H and O–H groups in total. The van der Waals surface area contributed by atoms with Gasteiger partial charge in [-0.05, 0) is 31.2 Å². The number of hydrogen-bond donors (Lipinski definition) is 1. The Balaban J connectivity index is 1.85. The molecule has 2 aromatic rings. The van der Waals surface area contributed by atoms with Gasteiger partial charge in [0.15, 0.2) is 0 Å². The number of anilines is 1. The Hall–Kier alpha value is -1.78. The number of benzene rings is 2. The Kier molecular flexibility index (Phi) is 3.99. The molecule has 1 heterocycles. The molecular weight excluding hydrogens is 278 g/mol. The molecule has 0 aromatic heterocycles. The molecule has 4 heteroatoms. The van der Waals surface area contributed by atoms with Gasteiger partial charge in [-0.2, -0.15) is 0 Å². The van der Waals surface area contributed by atoms with Crippen LogP contribution in [0.4, 0.5) is 5.69 Å². The molecule has 0 saturated carbocycles. The topological polar surface area (TPSA) is 30.3 Å². The van der Waals surface area contributed by atoms with Crippen molar-refractivity contribution in [2.75, 3.05) is 12.1 Å². The highest BCUT2D eigenvalue weighted by Gasteiger charge is 2.40. The summed E-state index contributed by atoms with van der Waals surface area (Å²) in [6.45, 7) is 2.09. The van der Waals surface area contributed by atoms with Gasteiger partial charge in [0.25, 0.3) is 0 Å². The van der Waals surface area contributed by atoms with Crippen LogP contribution in [0.25, 0.3) is 0 Å². The van der Waals surface area contributed by atoms with E-state index in [4.69, 9.17) is 5.41 Å². The van der Waals surface area contributed by atoms with E-state index in [9.17, 15) is 0 Å². The minimum absolute atomic E-state index is 0.0441. The molecule has 2 aromatic carbocycles. The van der Waals surface area contributed by atoms with Crippen molar-refractivity contribution in [1.29, 1.82) is 5.41 Å². The summed E-state index contributed by atoms with van der Waals surface area (Å²) in [7, 11) is 2.06. The lowest BCUT2D eigenvalue weighted by Crippen LogP contribution is -2.39. The molecule has 0 radical (unpaired) electrons. The number of hydrogen-bond acceptors (Lipinski definition) is 4. The van der Waals surface area contributed by atoms with Crippen molar-refractivity contribution in [1.82, 2.24) is 5.01 Å². The Bertz CT molecular complexity index is 614. The van der Waals surface area contributed by atoms with Crippen LogP contribution in [0.1, 0.15) is 6.92 Å². The lowest BCUT2D eigenvalue weighted by atomic mass is 10.2. The van der Waals surface area contributed by atoms with Gasteiger partial charge in [-0.25, -0.2) is 5.01 Å². The second-order valence-corrected chi connectivity index (χ2v) is 6.32. The fourth-order valence-electron chi connectivity index (χ4n) is 2.68. The zero-order valence-electron chi connectivity index (χ0n) is 12.2. The zero-order chi connectivity index (χ0) is 14.8. The molecule has 0 spiro atoms. The molecule has 1 saturated heterocycles. The number of thioether (sulfide) groups is 1. The smallest absolute Gasteiger partial charge is 0.118 e. The highest BCUT2D eigenvalue weighted by Crippen LogP contribution is 2.35. The summed E-state index contributed by atoms with van der Waals surface area (Å²) in [6.07, 6.45) is 0. The van der Waals surface area contributed by atoms with Gasteiger partial charge in [0.1, 0.15) is 5.37 Å². The van der Waals surface area contributed by atoms with E-state index in [-0.39, 0.29) is 11.4 Å². The number of nitrogens with zero attached hydrogens (tertiary/aromatic N) is 2. The van der Waals surface area contributed by atoms with E-state index in [0.717, 1.165) is 11.4 Å². The van der Waals surface area contributed by atoms with Crippen molar-refractivity contribution >= 4 is 23.2 Å². The Morgan fingerprint density at radius 1 is 0.952 bits per heavy atom. The third-order valence-electron chi connectivity index (χ3n) is 3.77. The molecule has 21 heavy (non-hydrogen) atoms. The van der Waals surface area contributed by atoms with Gasteiger partial charge in [0.05, 0.1) is 17.4 Å². The van der Waals surface area contributed by atoms with Gasteiger partial charge >= 0.3 is 0 Å². The number of rotatable bonds is 3. The summed E-state index contributed by atoms with van der Waals surface area (Å²) < 4.78 is 0. The van der Waals surface area contributed by atoms with Crippen LogP contribution in [0.2, 0.25) is 0 Å². The monoisotopic (exact) mass is 297 g/mol. The predicted octanol–water partition coefficient (Wildman–Crippen LogP) is 3.88. The maximum Gasteiger partial charge on any atom is 0.118 e. The SMILES string of the molecule is CC1C(=N)C(Sc2ccccc2)N(C)N1c1ccccc1.